The van der Waals surface area contributed by atoms with Crippen molar-refractivity contribution >= 4 is 28.8 Å². The van der Waals surface area contributed by atoms with E-state index in [1.807, 2.05) is 51.2 Å². The van der Waals surface area contributed by atoms with Crippen molar-refractivity contribution in [1.29, 1.82) is 0 Å². The number of carbonyl (C=O) groups is 2. The van der Waals surface area contributed by atoms with Crippen molar-refractivity contribution in [1.82, 2.24) is 14.5 Å². The molecule has 0 atom stereocenters. The van der Waals surface area contributed by atoms with Gasteiger partial charge in [0.2, 0.25) is 0 Å². The molecule has 3 aromatic rings. The van der Waals surface area contributed by atoms with Crippen molar-refractivity contribution in [2.75, 3.05) is 31.1 Å². The Hall–Kier alpha value is -3.55. The van der Waals surface area contributed by atoms with E-state index in [0.29, 0.717) is 37.7 Å². The molecule has 0 bridgehead atoms. The number of anilines is 1. The van der Waals surface area contributed by atoms with Gasteiger partial charge in [-0.3, -0.25) is 0 Å². The molecule has 0 aliphatic carbocycles. The molecular weight excluding hydrogens is 444 g/mol. The van der Waals surface area contributed by atoms with Crippen molar-refractivity contribution < 1.29 is 19.4 Å². The summed E-state index contributed by atoms with van der Waals surface area (Å²) in [6.07, 6.45) is 3.46. The molecular formula is C27H34N4O4. The number of aromatic nitrogens is 2. The number of carboxylic acid groups (broad SMARTS) is 1. The Kier molecular flexibility index (Phi) is 6.74. The fourth-order valence-electron chi connectivity index (χ4n) is 4.38. The topological polar surface area (TPSA) is 87.9 Å². The van der Waals surface area contributed by atoms with Crippen LogP contribution < -0.4 is 4.90 Å². The van der Waals surface area contributed by atoms with Gasteiger partial charge < -0.3 is 24.2 Å². The summed E-state index contributed by atoms with van der Waals surface area (Å²) in [6, 6.07) is 9.58. The number of hydrogen-bond acceptors (Lipinski definition) is 5. The average molecular weight is 479 g/mol. The number of rotatable bonds is 5. The minimum atomic E-state index is -0.938. The number of hydrogen-bond donors (Lipinski definition) is 1. The van der Waals surface area contributed by atoms with E-state index < -0.39 is 11.6 Å². The Balaban J connectivity index is 1.52. The van der Waals surface area contributed by atoms with Crippen LogP contribution in [0.15, 0.2) is 42.7 Å². The van der Waals surface area contributed by atoms with Gasteiger partial charge in [-0.15, -0.1) is 0 Å². The van der Waals surface area contributed by atoms with E-state index in [2.05, 4.69) is 28.3 Å². The second-order valence-corrected chi connectivity index (χ2v) is 10.5. The van der Waals surface area contributed by atoms with E-state index in [1.54, 1.807) is 17.2 Å². The minimum Gasteiger partial charge on any atom is -0.478 e. The molecule has 1 amide bonds. The number of carbonyl (C=O) groups excluding carboxylic acids is 1. The first kappa shape index (κ1) is 24.6. The van der Waals surface area contributed by atoms with Gasteiger partial charge >= 0.3 is 12.1 Å². The third-order valence-electron chi connectivity index (χ3n) is 6.02. The molecule has 0 radical (unpaired) electrons. The highest BCUT2D eigenvalue weighted by atomic mass is 16.6. The summed E-state index contributed by atoms with van der Waals surface area (Å²) in [6.45, 7) is 13.2. The van der Waals surface area contributed by atoms with Gasteiger partial charge in [-0.2, -0.15) is 0 Å². The molecule has 0 spiro atoms. The smallest absolute Gasteiger partial charge is 0.410 e. The number of benzene rings is 1. The van der Waals surface area contributed by atoms with E-state index in [-0.39, 0.29) is 6.09 Å². The van der Waals surface area contributed by atoms with Gasteiger partial charge in [0.15, 0.2) is 0 Å². The molecule has 4 rings (SSSR count). The van der Waals surface area contributed by atoms with E-state index in [1.165, 1.54) is 0 Å². The van der Waals surface area contributed by atoms with Crippen LogP contribution >= 0.6 is 0 Å². The predicted molar refractivity (Wildman–Crippen MR) is 137 cm³/mol. The first-order valence-corrected chi connectivity index (χ1v) is 12.1. The Morgan fingerprint density at radius 3 is 2.34 bits per heavy atom. The SMILES string of the molecule is CC(C)Cn1ccc2c(C(=O)O)cc(-c3ccc(N4CCN(C(=O)OC(C)(C)C)CC4)nc3)cc21. The highest BCUT2D eigenvalue weighted by Crippen LogP contribution is 2.30. The fourth-order valence-corrected chi connectivity index (χ4v) is 4.38. The van der Waals surface area contributed by atoms with Gasteiger partial charge in [-0.1, -0.05) is 13.8 Å². The highest BCUT2D eigenvalue weighted by molar-refractivity contribution is 6.05. The summed E-state index contributed by atoms with van der Waals surface area (Å²) in [4.78, 5) is 32.8. The van der Waals surface area contributed by atoms with Crippen LogP contribution in [0.25, 0.3) is 22.0 Å². The Morgan fingerprint density at radius 2 is 1.77 bits per heavy atom. The van der Waals surface area contributed by atoms with Gasteiger partial charge in [0.05, 0.1) is 5.56 Å². The Bertz CT molecular complexity index is 1220. The van der Waals surface area contributed by atoms with Crippen LogP contribution in [0.5, 0.6) is 0 Å². The van der Waals surface area contributed by atoms with Crippen LogP contribution in [0.2, 0.25) is 0 Å². The molecule has 1 aliphatic heterocycles. The average Bonchev–Trinajstić information content (AvgIpc) is 3.19. The van der Waals surface area contributed by atoms with Crippen LogP contribution in [0.1, 0.15) is 45.0 Å². The zero-order valence-electron chi connectivity index (χ0n) is 21.1. The van der Waals surface area contributed by atoms with Gasteiger partial charge in [-0.25, -0.2) is 14.6 Å². The van der Waals surface area contributed by atoms with Gasteiger partial charge in [0.25, 0.3) is 0 Å². The number of pyridine rings is 1. The number of amides is 1. The maximum Gasteiger partial charge on any atom is 0.410 e. The number of piperazine rings is 1. The first-order valence-electron chi connectivity index (χ1n) is 12.1. The first-order chi connectivity index (χ1) is 16.5. The Labute approximate surface area is 206 Å². The summed E-state index contributed by atoms with van der Waals surface area (Å²) < 4.78 is 7.59. The summed E-state index contributed by atoms with van der Waals surface area (Å²) in [5, 5.41) is 10.6. The zero-order valence-corrected chi connectivity index (χ0v) is 21.1. The number of aromatic carboxylic acids is 1. The lowest BCUT2D eigenvalue weighted by molar-refractivity contribution is 0.0240. The van der Waals surface area contributed by atoms with Crippen molar-refractivity contribution in [2.24, 2.45) is 5.92 Å². The largest absolute Gasteiger partial charge is 0.478 e. The van der Waals surface area contributed by atoms with Crippen LogP contribution in [-0.4, -0.2) is 63.4 Å². The van der Waals surface area contributed by atoms with E-state index in [0.717, 1.165) is 34.4 Å². The molecule has 1 fully saturated rings. The van der Waals surface area contributed by atoms with Gasteiger partial charge in [-0.05, 0) is 62.6 Å². The molecule has 1 aromatic carbocycles. The zero-order chi connectivity index (χ0) is 25.3. The lowest BCUT2D eigenvalue weighted by Gasteiger charge is -2.36. The second kappa shape index (κ2) is 9.60. The quantitative estimate of drug-likeness (QED) is 0.548. The van der Waals surface area contributed by atoms with Crippen LogP contribution in [0, 0.1) is 5.92 Å². The standard InChI is InChI=1S/C27H34N4O4/c1-18(2)17-31-9-8-21-22(25(32)33)14-20(15-23(21)31)19-6-7-24(28-16-19)29-10-12-30(13-11-29)26(34)35-27(3,4)5/h6-9,14-16,18H,10-13,17H2,1-5H3,(H,32,33). The molecule has 0 unspecified atom stereocenters. The maximum atomic E-state index is 12.3. The van der Waals surface area contributed by atoms with Gasteiger partial charge in [0, 0.05) is 61.6 Å². The Morgan fingerprint density at radius 1 is 1.06 bits per heavy atom. The van der Waals surface area contributed by atoms with E-state index >= 15 is 0 Å². The molecule has 2 aromatic heterocycles. The van der Waals surface area contributed by atoms with E-state index in [4.69, 9.17) is 4.74 Å². The molecule has 35 heavy (non-hydrogen) atoms. The predicted octanol–water partition coefficient (Wildman–Crippen LogP) is 5.11. The minimum absolute atomic E-state index is 0.285. The van der Waals surface area contributed by atoms with Crippen LogP contribution in [0.4, 0.5) is 10.6 Å². The van der Waals surface area contributed by atoms with E-state index in [9.17, 15) is 14.7 Å². The van der Waals surface area contributed by atoms with Gasteiger partial charge in [0.1, 0.15) is 11.4 Å². The van der Waals surface area contributed by atoms with Crippen LogP contribution in [-0.2, 0) is 11.3 Å². The molecule has 8 nitrogen and oxygen atoms in total. The number of carboxylic acids is 1. The van der Waals surface area contributed by atoms with Crippen molar-refractivity contribution in [3.63, 3.8) is 0 Å². The highest BCUT2D eigenvalue weighted by Gasteiger charge is 2.26. The molecule has 0 saturated carbocycles. The maximum absolute atomic E-state index is 12.3. The molecule has 186 valence electrons. The fraction of sp³-hybridized carbons (Fsp3) is 0.444. The molecule has 3 heterocycles. The molecule has 8 heteroatoms. The lowest BCUT2D eigenvalue weighted by Crippen LogP contribution is -2.50. The second-order valence-electron chi connectivity index (χ2n) is 10.5. The molecule has 1 N–H and O–H groups in total. The lowest BCUT2D eigenvalue weighted by atomic mass is 10.0. The number of nitrogens with zero attached hydrogens (tertiary/aromatic N) is 4. The van der Waals surface area contributed by atoms with Crippen molar-refractivity contribution in [3.05, 3.63) is 48.3 Å². The number of ether oxygens (including phenoxy) is 1. The van der Waals surface area contributed by atoms with Crippen LogP contribution in [0.3, 0.4) is 0 Å². The third-order valence-corrected chi connectivity index (χ3v) is 6.02. The normalized spacial score (nSPS) is 14.6. The summed E-state index contributed by atoms with van der Waals surface area (Å²) in [7, 11) is 0. The summed E-state index contributed by atoms with van der Waals surface area (Å²) in [5.41, 5.74) is 2.39. The monoisotopic (exact) mass is 478 g/mol. The summed E-state index contributed by atoms with van der Waals surface area (Å²) >= 11 is 0. The summed E-state index contributed by atoms with van der Waals surface area (Å²) in [5.74, 6) is 0.339. The van der Waals surface area contributed by atoms with Crippen molar-refractivity contribution in [3.8, 4) is 11.1 Å². The molecule has 1 saturated heterocycles. The molecule has 1 aliphatic rings. The number of fused-ring (bicyclic) bond motifs is 1. The van der Waals surface area contributed by atoms with Crippen molar-refractivity contribution in [2.45, 2.75) is 46.8 Å². The third kappa shape index (κ3) is 5.58.